The van der Waals surface area contributed by atoms with E-state index in [2.05, 4.69) is 6.58 Å². The van der Waals surface area contributed by atoms with Crippen molar-refractivity contribution in [1.29, 1.82) is 0 Å². The number of carbonyl (C=O) groups is 1. The van der Waals surface area contributed by atoms with Gasteiger partial charge in [0.05, 0.1) is 0 Å². The lowest BCUT2D eigenvalue weighted by atomic mass is 10.1. The maximum absolute atomic E-state index is 10.8. The molecule has 0 aliphatic rings. The smallest absolute Gasteiger partial charge is 0.155 e. The van der Waals surface area contributed by atoms with Crippen molar-refractivity contribution in [3.05, 3.63) is 36.0 Å². The molecule has 0 aliphatic heterocycles. The van der Waals surface area contributed by atoms with Gasteiger partial charge in [-0.05, 0) is 26.3 Å². The van der Waals surface area contributed by atoms with Gasteiger partial charge in [-0.1, -0.05) is 30.4 Å². The van der Waals surface area contributed by atoms with Crippen molar-refractivity contribution in [2.24, 2.45) is 0 Å². The topological polar surface area (TPSA) is 17.1 Å². The maximum atomic E-state index is 10.8. The molecule has 0 rings (SSSR count). The van der Waals surface area contributed by atoms with E-state index in [0.717, 1.165) is 11.1 Å². The number of rotatable bonds is 3. The van der Waals surface area contributed by atoms with Crippen molar-refractivity contribution >= 4 is 5.78 Å². The first-order valence-corrected chi connectivity index (χ1v) is 3.56. The Morgan fingerprint density at radius 3 is 2.18 bits per heavy atom. The molecule has 60 valence electrons. The first-order valence-electron chi connectivity index (χ1n) is 3.56. The van der Waals surface area contributed by atoms with E-state index in [1.165, 1.54) is 0 Å². The van der Waals surface area contributed by atoms with Gasteiger partial charge in [-0.15, -0.1) is 0 Å². The van der Waals surface area contributed by atoms with Crippen LogP contribution in [0.25, 0.3) is 0 Å². The molecule has 0 aromatic rings. The fraction of sp³-hybridized carbons (Fsp3) is 0.300. The number of carbonyl (C=O) groups excluding carboxylic acids is 1. The van der Waals surface area contributed by atoms with E-state index < -0.39 is 0 Å². The Morgan fingerprint density at radius 2 is 1.82 bits per heavy atom. The molecular formula is C10H14O. The van der Waals surface area contributed by atoms with Gasteiger partial charge in [0.25, 0.3) is 0 Å². The highest BCUT2D eigenvalue weighted by atomic mass is 16.1. The summed E-state index contributed by atoms with van der Waals surface area (Å²) in [4.78, 5) is 10.8. The minimum absolute atomic E-state index is 0.113. The van der Waals surface area contributed by atoms with Crippen LogP contribution in [0.15, 0.2) is 36.0 Å². The third-order valence-electron chi connectivity index (χ3n) is 1.38. The normalized spacial score (nSPS) is 13.0. The van der Waals surface area contributed by atoms with Gasteiger partial charge in [-0.25, -0.2) is 0 Å². The van der Waals surface area contributed by atoms with Gasteiger partial charge in [0, 0.05) is 0 Å². The van der Waals surface area contributed by atoms with Crippen LogP contribution >= 0.6 is 0 Å². The lowest BCUT2D eigenvalue weighted by molar-refractivity contribution is -0.113. The largest absolute Gasteiger partial charge is 0.295 e. The van der Waals surface area contributed by atoms with Gasteiger partial charge in [0.15, 0.2) is 5.78 Å². The summed E-state index contributed by atoms with van der Waals surface area (Å²) >= 11 is 0. The molecule has 0 aromatic carbocycles. The Morgan fingerprint density at radius 1 is 1.27 bits per heavy atom. The van der Waals surface area contributed by atoms with Crippen molar-refractivity contribution in [3.63, 3.8) is 0 Å². The van der Waals surface area contributed by atoms with E-state index in [0.29, 0.717) is 0 Å². The average Bonchev–Trinajstić information content (AvgIpc) is 1.87. The predicted octanol–water partition coefficient (Wildman–Crippen LogP) is 2.65. The highest BCUT2D eigenvalue weighted by Crippen LogP contribution is 2.02. The monoisotopic (exact) mass is 150 g/mol. The Balaban J connectivity index is 4.42. The molecule has 0 fully saturated rings. The molecular weight excluding hydrogens is 136 g/mol. The van der Waals surface area contributed by atoms with Gasteiger partial charge < -0.3 is 0 Å². The van der Waals surface area contributed by atoms with Crippen molar-refractivity contribution < 1.29 is 4.79 Å². The lowest BCUT2D eigenvalue weighted by Gasteiger charge is -1.93. The molecule has 1 heteroatoms. The van der Waals surface area contributed by atoms with E-state index in [1.54, 1.807) is 13.0 Å². The van der Waals surface area contributed by atoms with E-state index in [-0.39, 0.29) is 5.78 Å². The summed E-state index contributed by atoms with van der Waals surface area (Å²) in [5, 5.41) is 0. The van der Waals surface area contributed by atoms with Crippen LogP contribution in [-0.2, 0) is 4.79 Å². The summed E-state index contributed by atoms with van der Waals surface area (Å²) < 4.78 is 0. The van der Waals surface area contributed by atoms with Gasteiger partial charge in [0.1, 0.15) is 0 Å². The van der Waals surface area contributed by atoms with Crippen LogP contribution < -0.4 is 0 Å². The molecule has 0 bridgehead atoms. The summed E-state index contributed by atoms with van der Waals surface area (Å²) in [6.07, 6.45) is 5.43. The average molecular weight is 150 g/mol. The van der Waals surface area contributed by atoms with E-state index in [1.807, 2.05) is 26.0 Å². The van der Waals surface area contributed by atoms with Crippen LogP contribution in [0.1, 0.15) is 20.8 Å². The van der Waals surface area contributed by atoms with Crippen LogP contribution in [0.4, 0.5) is 0 Å². The van der Waals surface area contributed by atoms with Crippen molar-refractivity contribution in [2.75, 3.05) is 0 Å². The Hall–Kier alpha value is -1.11. The van der Waals surface area contributed by atoms with E-state index in [9.17, 15) is 4.79 Å². The molecule has 0 saturated heterocycles. The molecule has 0 spiro atoms. The Bertz CT molecular complexity index is 219. The summed E-state index contributed by atoms with van der Waals surface area (Å²) in [5.41, 5.74) is 1.83. The van der Waals surface area contributed by atoms with Gasteiger partial charge >= 0.3 is 0 Å². The van der Waals surface area contributed by atoms with Crippen molar-refractivity contribution in [1.82, 2.24) is 0 Å². The van der Waals surface area contributed by atoms with Crippen molar-refractivity contribution in [3.8, 4) is 0 Å². The van der Waals surface area contributed by atoms with Gasteiger partial charge in [0.2, 0.25) is 0 Å². The molecule has 0 aromatic heterocycles. The summed E-state index contributed by atoms with van der Waals surface area (Å²) in [5.74, 6) is 0.113. The third-order valence-corrected chi connectivity index (χ3v) is 1.38. The second-order valence-corrected chi connectivity index (χ2v) is 2.53. The zero-order chi connectivity index (χ0) is 8.85. The quantitative estimate of drug-likeness (QED) is 0.446. The molecule has 0 atom stereocenters. The molecule has 0 aliphatic carbocycles. The third kappa shape index (κ3) is 4.31. The van der Waals surface area contributed by atoms with Crippen LogP contribution in [0, 0.1) is 0 Å². The maximum Gasteiger partial charge on any atom is 0.155 e. The number of Topliss-reactive ketones (excluding diaryl/α,β-unsaturated/α-hetero) is 1. The van der Waals surface area contributed by atoms with E-state index >= 15 is 0 Å². The molecule has 11 heavy (non-hydrogen) atoms. The number of hydrogen-bond donors (Lipinski definition) is 0. The van der Waals surface area contributed by atoms with Crippen LogP contribution in [0.2, 0.25) is 0 Å². The summed E-state index contributed by atoms with van der Waals surface area (Å²) in [6.45, 7) is 8.87. The predicted molar refractivity (Wildman–Crippen MR) is 48.4 cm³/mol. The lowest BCUT2D eigenvalue weighted by Crippen LogP contribution is -1.90. The van der Waals surface area contributed by atoms with Gasteiger partial charge in [-0.2, -0.15) is 0 Å². The summed E-state index contributed by atoms with van der Waals surface area (Å²) in [6, 6.07) is 0. The van der Waals surface area contributed by atoms with Gasteiger partial charge in [-0.3, -0.25) is 4.79 Å². The standard InChI is InChI=1S/C10H14O/c1-5-6-8(2)7-9(3)10(4)11/h5-7H,1H2,2-4H3/b8-6-,9-7+. The molecule has 0 radical (unpaired) electrons. The molecule has 0 amide bonds. The second-order valence-electron chi connectivity index (χ2n) is 2.53. The molecule has 0 saturated carbocycles. The zero-order valence-corrected chi connectivity index (χ0v) is 7.35. The number of hydrogen-bond acceptors (Lipinski definition) is 1. The Labute approximate surface area is 68.1 Å². The second kappa shape index (κ2) is 4.67. The minimum Gasteiger partial charge on any atom is -0.295 e. The highest BCUT2D eigenvalue weighted by Gasteiger charge is 1.93. The highest BCUT2D eigenvalue weighted by molar-refractivity contribution is 5.93. The minimum atomic E-state index is 0.113. The molecule has 1 nitrogen and oxygen atoms in total. The first kappa shape index (κ1) is 9.89. The first-order chi connectivity index (χ1) is 5.07. The molecule has 0 N–H and O–H groups in total. The van der Waals surface area contributed by atoms with Crippen LogP contribution in [0.3, 0.4) is 0 Å². The van der Waals surface area contributed by atoms with E-state index in [4.69, 9.17) is 0 Å². The Kier molecular flexibility index (Phi) is 4.20. The summed E-state index contributed by atoms with van der Waals surface area (Å²) in [7, 11) is 0. The van der Waals surface area contributed by atoms with Crippen LogP contribution in [0.5, 0.6) is 0 Å². The zero-order valence-electron chi connectivity index (χ0n) is 7.35. The molecule has 0 heterocycles. The fourth-order valence-corrected chi connectivity index (χ4v) is 0.677. The SMILES string of the molecule is C=C/C=C(C)\C=C(/C)C(C)=O. The van der Waals surface area contributed by atoms with Crippen molar-refractivity contribution in [2.45, 2.75) is 20.8 Å². The number of allylic oxidation sites excluding steroid dienone is 5. The number of ketones is 1. The molecule has 0 unspecified atom stereocenters. The van der Waals surface area contributed by atoms with Crippen LogP contribution in [-0.4, -0.2) is 5.78 Å². The fourth-order valence-electron chi connectivity index (χ4n) is 0.677.